The van der Waals surface area contributed by atoms with Crippen molar-refractivity contribution in [2.45, 2.75) is 31.8 Å². The standard InChI is InChI=1S/C18H23ClN4O4S/c1-11(20-18(24)25)14-10-12-4-3-5-15(19)16(12)21-17(14)23-8-6-13(7-9-23)22-28(2,26)27/h3-5,10-11,13,20,22H,6-9H2,1-2H3,(H,24,25). The van der Waals surface area contributed by atoms with Crippen LogP contribution in [0.4, 0.5) is 10.6 Å². The molecule has 2 heterocycles. The van der Waals surface area contributed by atoms with Crippen LogP contribution in [0.1, 0.15) is 31.4 Å². The molecule has 152 valence electrons. The van der Waals surface area contributed by atoms with Crippen LogP contribution in [-0.4, -0.2) is 50.0 Å². The summed E-state index contributed by atoms with van der Waals surface area (Å²) >= 11 is 6.31. The summed E-state index contributed by atoms with van der Waals surface area (Å²) < 4.78 is 25.6. The normalized spacial score (nSPS) is 16.9. The van der Waals surface area contributed by atoms with Crippen molar-refractivity contribution in [3.63, 3.8) is 0 Å². The second-order valence-electron chi connectivity index (χ2n) is 7.04. The molecule has 1 amide bonds. The largest absolute Gasteiger partial charge is 0.465 e. The third-order valence-corrected chi connectivity index (χ3v) is 5.85. The quantitative estimate of drug-likeness (QED) is 0.677. The van der Waals surface area contributed by atoms with Gasteiger partial charge in [0, 0.05) is 30.1 Å². The van der Waals surface area contributed by atoms with E-state index in [2.05, 4.69) is 14.9 Å². The average molecular weight is 427 g/mol. The topological polar surface area (TPSA) is 112 Å². The molecule has 0 spiro atoms. The Labute approximate surface area is 168 Å². The molecule has 28 heavy (non-hydrogen) atoms. The predicted molar refractivity (Wildman–Crippen MR) is 110 cm³/mol. The molecule has 10 heteroatoms. The molecule has 0 radical (unpaired) electrons. The highest BCUT2D eigenvalue weighted by molar-refractivity contribution is 7.88. The molecule has 2 aromatic rings. The Morgan fingerprint density at radius 1 is 1.36 bits per heavy atom. The van der Waals surface area contributed by atoms with Crippen LogP contribution in [-0.2, 0) is 10.0 Å². The number of fused-ring (bicyclic) bond motifs is 1. The van der Waals surface area contributed by atoms with Crippen LogP contribution in [0, 0.1) is 0 Å². The van der Waals surface area contributed by atoms with E-state index in [-0.39, 0.29) is 6.04 Å². The molecule has 1 aliphatic rings. The van der Waals surface area contributed by atoms with Crippen LogP contribution >= 0.6 is 11.6 Å². The SMILES string of the molecule is CC(NC(=O)O)c1cc2cccc(Cl)c2nc1N1CCC(NS(C)(=O)=O)CC1. The van der Waals surface area contributed by atoms with Gasteiger partial charge in [-0.15, -0.1) is 0 Å². The molecule has 1 unspecified atom stereocenters. The van der Waals surface area contributed by atoms with Crippen LogP contribution in [0.3, 0.4) is 0 Å². The van der Waals surface area contributed by atoms with Crippen LogP contribution in [0.15, 0.2) is 24.3 Å². The molecule has 0 saturated carbocycles. The average Bonchev–Trinajstić information content (AvgIpc) is 2.60. The number of amides is 1. The second kappa shape index (κ2) is 8.10. The Morgan fingerprint density at radius 3 is 2.64 bits per heavy atom. The van der Waals surface area contributed by atoms with Crippen molar-refractivity contribution in [3.8, 4) is 0 Å². The van der Waals surface area contributed by atoms with Crippen LogP contribution in [0.5, 0.6) is 0 Å². The number of carbonyl (C=O) groups is 1. The number of para-hydroxylation sites is 1. The van der Waals surface area contributed by atoms with E-state index in [4.69, 9.17) is 21.7 Å². The van der Waals surface area contributed by atoms with Crippen molar-refractivity contribution in [1.29, 1.82) is 0 Å². The minimum Gasteiger partial charge on any atom is -0.465 e. The van der Waals surface area contributed by atoms with Crippen molar-refractivity contribution in [1.82, 2.24) is 15.0 Å². The van der Waals surface area contributed by atoms with E-state index in [9.17, 15) is 13.2 Å². The van der Waals surface area contributed by atoms with Crippen molar-refractivity contribution in [3.05, 3.63) is 34.9 Å². The van der Waals surface area contributed by atoms with E-state index in [1.807, 2.05) is 18.2 Å². The lowest BCUT2D eigenvalue weighted by Gasteiger charge is -2.34. The minimum atomic E-state index is -3.25. The van der Waals surface area contributed by atoms with Crippen LogP contribution in [0.2, 0.25) is 5.02 Å². The number of anilines is 1. The van der Waals surface area contributed by atoms with Crippen LogP contribution < -0.4 is 14.9 Å². The zero-order chi connectivity index (χ0) is 20.5. The van der Waals surface area contributed by atoms with Crippen molar-refractivity contribution in [2.24, 2.45) is 0 Å². The number of piperidine rings is 1. The summed E-state index contributed by atoms with van der Waals surface area (Å²) in [7, 11) is -3.25. The molecular formula is C18H23ClN4O4S. The van der Waals surface area contributed by atoms with Gasteiger partial charge >= 0.3 is 6.09 Å². The fraction of sp³-hybridized carbons (Fsp3) is 0.444. The third-order valence-electron chi connectivity index (χ3n) is 4.79. The maximum atomic E-state index is 11.5. The summed E-state index contributed by atoms with van der Waals surface area (Å²) in [6, 6.07) is 6.81. The molecule has 8 nitrogen and oxygen atoms in total. The number of hydrogen-bond acceptors (Lipinski definition) is 5. The fourth-order valence-corrected chi connectivity index (χ4v) is 4.58. The second-order valence-corrected chi connectivity index (χ2v) is 9.22. The lowest BCUT2D eigenvalue weighted by Crippen LogP contribution is -2.45. The van der Waals surface area contributed by atoms with E-state index in [1.165, 1.54) is 0 Å². The highest BCUT2D eigenvalue weighted by Gasteiger charge is 2.26. The first kappa shape index (κ1) is 20.6. The number of hydrogen-bond donors (Lipinski definition) is 3. The summed E-state index contributed by atoms with van der Waals surface area (Å²) in [6.07, 6.45) is 1.31. The van der Waals surface area contributed by atoms with Gasteiger partial charge in [-0.2, -0.15) is 0 Å². The number of halogens is 1. The highest BCUT2D eigenvalue weighted by Crippen LogP contribution is 2.32. The maximum absolute atomic E-state index is 11.5. The Morgan fingerprint density at radius 2 is 2.04 bits per heavy atom. The summed E-state index contributed by atoms with van der Waals surface area (Å²) in [5.74, 6) is 0.666. The smallest absolute Gasteiger partial charge is 0.405 e. The highest BCUT2D eigenvalue weighted by atomic mass is 35.5. The molecule has 1 atom stereocenters. The Balaban J connectivity index is 1.94. The molecule has 1 saturated heterocycles. The number of aromatic nitrogens is 1. The number of pyridine rings is 1. The van der Waals surface area contributed by atoms with Gasteiger partial charge in [-0.05, 0) is 31.9 Å². The van der Waals surface area contributed by atoms with Crippen molar-refractivity contribution in [2.75, 3.05) is 24.2 Å². The van der Waals surface area contributed by atoms with Gasteiger partial charge in [-0.3, -0.25) is 0 Å². The van der Waals surface area contributed by atoms with Gasteiger partial charge in [0.15, 0.2) is 0 Å². The molecule has 1 aliphatic heterocycles. The lowest BCUT2D eigenvalue weighted by molar-refractivity contribution is 0.191. The first-order valence-electron chi connectivity index (χ1n) is 8.95. The molecule has 3 rings (SSSR count). The zero-order valence-electron chi connectivity index (χ0n) is 15.6. The lowest BCUT2D eigenvalue weighted by atomic mass is 10.0. The number of nitrogens with one attached hydrogen (secondary N) is 2. The van der Waals surface area contributed by atoms with E-state index in [0.29, 0.717) is 42.3 Å². The fourth-order valence-electron chi connectivity index (χ4n) is 3.52. The van der Waals surface area contributed by atoms with Crippen molar-refractivity contribution < 1.29 is 18.3 Å². The minimum absolute atomic E-state index is 0.117. The number of sulfonamides is 1. The van der Waals surface area contributed by atoms with Gasteiger partial charge in [0.05, 0.1) is 22.8 Å². The number of carboxylic acid groups (broad SMARTS) is 1. The molecule has 3 N–H and O–H groups in total. The first-order valence-corrected chi connectivity index (χ1v) is 11.2. The molecule has 1 aromatic heterocycles. The van der Waals surface area contributed by atoms with E-state index in [1.54, 1.807) is 13.0 Å². The molecular weight excluding hydrogens is 404 g/mol. The summed E-state index contributed by atoms with van der Waals surface area (Å²) in [6.45, 7) is 2.97. The summed E-state index contributed by atoms with van der Waals surface area (Å²) in [4.78, 5) is 17.9. The third kappa shape index (κ3) is 4.84. The zero-order valence-corrected chi connectivity index (χ0v) is 17.2. The molecule has 0 bridgehead atoms. The van der Waals surface area contributed by atoms with E-state index in [0.717, 1.165) is 17.2 Å². The number of rotatable bonds is 5. The van der Waals surface area contributed by atoms with E-state index < -0.39 is 22.2 Å². The summed E-state index contributed by atoms with van der Waals surface area (Å²) in [5.41, 5.74) is 1.41. The van der Waals surface area contributed by atoms with Crippen molar-refractivity contribution >= 4 is 44.4 Å². The van der Waals surface area contributed by atoms with E-state index >= 15 is 0 Å². The molecule has 1 fully saturated rings. The summed E-state index contributed by atoms with van der Waals surface area (Å²) in [5, 5.41) is 13.0. The Bertz CT molecular complexity index is 990. The van der Waals surface area contributed by atoms with Gasteiger partial charge in [0.2, 0.25) is 10.0 Å². The monoisotopic (exact) mass is 426 g/mol. The Kier molecular flexibility index (Phi) is 5.97. The van der Waals surface area contributed by atoms with Crippen LogP contribution in [0.25, 0.3) is 10.9 Å². The van der Waals surface area contributed by atoms with Gasteiger partial charge in [-0.1, -0.05) is 23.7 Å². The Hall–Kier alpha value is -2.10. The number of benzene rings is 1. The molecule has 0 aliphatic carbocycles. The van der Waals surface area contributed by atoms with Gasteiger partial charge in [0.1, 0.15) is 5.82 Å². The van der Waals surface area contributed by atoms with Gasteiger partial charge in [0.25, 0.3) is 0 Å². The van der Waals surface area contributed by atoms with Gasteiger partial charge in [-0.25, -0.2) is 22.9 Å². The predicted octanol–water partition coefficient (Wildman–Crippen LogP) is 2.73. The maximum Gasteiger partial charge on any atom is 0.405 e. The first-order chi connectivity index (χ1) is 13.1. The number of nitrogens with zero attached hydrogens (tertiary/aromatic N) is 2. The van der Waals surface area contributed by atoms with Gasteiger partial charge < -0.3 is 15.3 Å². The molecule has 1 aromatic carbocycles.